The van der Waals surface area contributed by atoms with Crippen LogP contribution in [-0.4, -0.2) is 27.0 Å². The Balaban J connectivity index is 2.07. The molecule has 1 heterocycles. The number of fused-ring (bicyclic) bond motifs is 1. The van der Waals surface area contributed by atoms with Crippen LogP contribution in [0.2, 0.25) is 0 Å². The Morgan fingerprint density at radius 2 is 1.79 bits per heavy atom. The van der Waals surface area contributed by atoms with Crippen molar-refractivity contribution in [2.45, 2.75) is 26.2 Å². The van der Waals surface area contributed by atoms with E-state index in [4.69, 9.17) is 5.11 Å². The predicted molar refractivity (Wildman–Crippen MR) is 94.8 cm³/mol. The first-order chi connectivity index (χ1) is 13.5. The van der Waals surface area contributed by atoms with Gasteiger partial charge in [0.25, 0.3) is 0 Å². The third-order valence-electron chi connectivity index (χ3n) is 4.52. The topological polar surface area (TPSA) is 74.5 Å². The summed E-state index contributed by atoms with van der Waals surface area (Å²) in [6.07, 6.45) is -5.14. The molecule has 154 valence electrons. The van der Waals surface area contributed by atoms with Crippen LogP contribution in [0.15, 0.2) is 30.3 Å². The first-order valence-corrected chi connectivity index (χ1v) is 8.32. The number of phenolic OH excluding ortho intramolecular Hbond substituents is 1. The Labute approximate surface area is 161 Å². The number of nitrogens with one attached hydrogen (secondary N) is 1. The van der Waals surface area contributed by atoms with Crippen LogP contribution in [0.1, 0.15) is 16.8 Å². The van der Waals surface area contributed by atoms with Crippen molar-refractivity contribution >= 4 is 22.6 Å². The molecule has 0 spiro atoms. The van der Waals surface area contributed by atoms with E-state index in [-0.39, 0.29) is 28.7 Å². The monoisotopic (exact) mass is 414 g/mol. The van der Waals surface area contributed by atoms with Gasteiger partial charge in [0, 0.05) is 29.4 Å². The number of phenols is 1. The van der Waals surface area contributed by atoms with Crippen molar-refractivity contribution in [1.82, 2.24) is 4.57 Å². The standard InChI is InChI=1S/C19H15F5N2O3/c1-9-12(6-15(27)28)16-14(7-13(20)18(29)17(16)21)26(9)8-10-2-4-11(5-3-10)25-19(22,23)24/h2-5,7,25,29H,6,8H2,1H3,(H,27,28). The number of benzene rings is 2. The maximum Gasteiger partial charge on any atom is 0.482 e. The van der Waals surface area contributed by atoms with Crippen molar-refractivity contribution in [3.63, 3.8) is 0 Å². The smallest absolute Gasteiger partial charge is 0.482 e. The van der Waals surface area contributed by atoms with Gasteiger partial charge < -0.3 is 14.8 Å². The molecule has 29 heavy (non-hydrogen) atoms. The van der Waals surface area contributed by atoms with E-state index in [2.05, 4.69) is 0 Å². The van der Waals surface area contributed by atoms with Gasteiger partial charge in [-0.15, -0.1) is 0 Å². The lowest BCUT2D eigenvalue weighted by Gasteiger charge is -2.12. The summed E-state index contributed by atoms with van der Waals surface area (Å²) in [6, 6.07) is 6.11. The average Bonchev–Trinajstić information content (AvgIpc) is 2.85. The quantitative estimate of drug-likeness (QED) is 0.423. The molecule has 0 bridgehead atoms. The van der Waals surface area contributed by atoms with Gasteiger partial charge in [-0.1, -0.05) is 12.1 Å². The van der Waals surface area contributed by atoms with Gasteiger partial charge in [-0.25, -0.2) is 8.78 Å². The summed E-state index contributed by atoms with van der Waals surface area (Å²) < 4.78 is 67.0. The van der Waals surface area contributed by atoms with Gasteiger partial charge in [0.2, 0.25) is 0 Å². The van der Waals surface area contributed by atoms with Crippen LogP contribution in [0, 0.1) is 18.6 Å². The van der Waals surface area contributed by atoms with E-state index >= 15 is 0 Å². The summed E-state index contributed by atoms with van der Waals surface area (Å²) in [4.78, 5) is 11.2. The van der Waals surface area contributed by atoms with E-state index in [0.717, 1.165) is 6.07 Å². The molecule has 0 fully saturated rings. The molecule has 0 amide bonds. The molecule has 0 atom stereocenters. The van der Waals surface area contributed by atoms with Gasteiger partial charge in [0.15, 0.2) is 17.4 Å². The fourth-order valence-electron chi connectivity index (χ4n) is 3.23. The number of alkyl halides is 3. The molecular weight excluding hydrogens is 399 g/mol. The molecule has 0 aliphatic heterocycles. The van der Waals surface area contributed by atoms with Crippen LogP contribution in [0.3, 0.4) is 0 Å². The minimum absolute atomic E-state index is 0.0257. The van der Waals surface area contributed by atoms with Crippen LogP contribution in [0.5, 0.6) is 5.75 Å². The zero-order valence-electron chi connectivity index (χ0n) is 14.9. The Bertz CT molecular complexity index is 1090. The minimum Gasteiger partial charge on any atom is -0.503 e. The molecule has 0 saturated heterocycles. The number of carbonyl (C=O) groups is 1. The maximum atomic E-state index is 14.5. The van der Waals surface area contributed by atoms with Crippen molar-refractivity contribution in [2.75, 3.05) is 5.32 Å². The first kappa shape index (κ1) is 20.4. The third kappa shape index (κ3) is 4.10. The largest absolute Gasteiger partial charge is 0.503 e. The van der Waals surface area contributed by atoms with E-state index in [9.17, 15) is 31.9 Å². The summed E-state index contributed by atoms with van der Waals surface area (Å²) >= 11 is 0. The highest BCUT2D eigenvalue weighted by atomic mass is 19.4. The highest BCUT2D eigenvalue weighted by Crippen LogP contribution is 2.35. The van der Waals surface area contributed by atoms with E-state index in [1.807, 2.05) is 0 Å². The lowest BCUT2D eigenvalue weighted by Crippen LogP contribution is -2.20. The second kappa shape index (κ2) is 7.26. The molecular formula is C19H15F5N2O3. The molecule has 0 radical (unpaired) electrons. The third-order valence-corrected chi connectivity index (χ3v) is 4.52. The molecule has 0 aliphatic rings. The first-order valence-electron chi connectivity index (χ1n) is 8.32. The van der Waals surface area contributed by atoms with Gasteiger partial charge in [-0.3, -0.25) is 10.1 Å². The van der Waals surface area contributed by atoms with Crippen LogP contribution < -0.4 is 5.32 Å². The fourth-order valence-corrected chi connectivity index (χ4v) is 3.23. The molecule has 10 heteroatoms. The second-order valence-electron chi connectivity index (χ2n) is 6.46. The molecule has 3 aromatic rings. The Kier molecular flexibility index (Phi) is 5.12. The van der Waals surface area contributed by atoms with Gasteiger partial charge in [-0.2, -0.15) is 13.2 Å². The minimum atomic E-state index is -4.59. The number of aromatic hydroxyl groups is 1. The SMILES string of the molecule is Cc1c(CC(=O)O)c2c(F)c(O)c(F)cc2n1Cc1ccc(NC(F)(F)F)cc1. The van der Waals surface area contributed by atoms with Crippen molar-refractivity contribution < 1.29 is 37.0 Å². The Morgan fingerprint density at radius 3 is 2.34 bits per heavy atom. The summed E-state index contributed by atoms with van der Waals surface area (Å²) in [6.45, 7) is 1.55. The number of aromatic nitrogens is 1. The van der Waals surface area contributed by atoms with E-state index < -0.39 is 36.1 Å². The summed E-state index contributed by atoms with van der Waals surface area (Å²) in [5.41, 5.74) is 0.792. The molecule has 0 unspecified atom stereocenters. The fraction of sp³-hybridized carbons (Fsp3) is 0.211. The summed E-state index contributed by atoms with van der Waals surface area (Å²) in [5.74, 6) is -4.91. The molecule has 3 rings (SSSR count). The molecule has 1 aromatic heterocycles. The lowest BCUT2D eigenvalue weighted by molar-refractivity contribution is -0.136. The number of aliphatic carboxylic acids is 1. The van der Waals surface area contributed by atoms with Crippen LogP contribution in [0.4, 0.5) is 27.6 Å². The van der Waals surface area contributed by atoms with Gasteiger partial charge >= 0.3 is 12.3 Å². The zero-order valence-corrected chi connectivity index (χ0v) is 14.9. The van der Waals surface area contributed by atoms with E-state index in [1.165, 1.54) is 41.1 Å². The van der Waals surface area contributed by atoms with Gasteiger partial charge in [0.1, 0.15) is 0 Å². The number of halogens is 5. The predicted octanol–water partition coefficient (Wildman–Crippen LogP) is 4.54. The molecule has 2 aromatic carbocycles. The molecule has 0 saturated carbocycles. The lowest BCUT2D eigenvalue weighted by atomic mass is 10.1. The molecule has 5 nitrogen and oxygen atoms in total. The Hall–Kier alpha value is -3.30. The van der Waals surface area contributed by atoms with Crippen LogP contribution in [-0.2, 0) is 17.8 Å². The zero-order chi connectivity index (χ0) is 21.5. The Morgan fingerprint density at radius 1 is 1.17 bits per heavy atom. The summed E-state index contributed by atoms with van der Waals surface area (Å²) in [5, 5.41) is 19.8. The number of hydrogen-bond donors (Lipinski definition) is 3. The van der Waals surface area contributed by atoms with E-state index in [1.54, 1.807) is 0 Å². The number of nitrogens with zero attached hydrogens (tertiary/aromatic N) is 1. The number of rotatable bonds is 5. The summed E-state index contributed by atoms with van der Waals surface area (Å²) in [7, 11) is 0. The van der Waals surface area contributed by atoms with Crippen LogP contribution >= 0.6 is 0 Å². The average molecular weight is 414 g/mol. The van der Waals surface area contributed by atoms with Crippen molar-refractivity contribution in [3.8, 4) is 5.75 Å². The number of carboxylic acid groups (broad SMARTS) is 1. The van der Waals surface area contributed by atoms with Gasteiger partial charge in [0.05, 0.1) is 11.9 Å². The number of anilines is 1. The van der Waals surface area contributed by atoms with E-state index in [0.29, 0.717) is 11.3 Å². The van der Waals surface area contributed by atoms with Crippen LogP contribution in [0.25, 0.3) is 10.9 Å². The normalized spacial score (nSPS) is 11.8. The van der Waals surface area contributed by atoms with Crippen molar-refractivity contribution in [3.05, 3.63) is 58.8 Å². The van der Waals surface area contributed by atoms with Gasteiger partial charge in [-0.05, 0) is 30.2 Å². The maximum absolute atomic E-state index is 14.5. The highest BCUT2D eigenvalue weighted by molar-refractivity contribution is 5.91. The number of carboxylic acids is 1. The van der Waals surface area contributed by atoms with Crippen molar-refractivity contribution in [1.29, 1.82) is 0 Å². The van der Waals surface area contributed by atoms with Crippen molar-refractivity contribution in [2.24, 2.45) is 0 Å². The highest BCUT2D eigenvalue weighted by Gasteiger charge is 2.27. The number of hydrogen-bond acceptors (Lipinski definition) is 3. The second-order valence-corrected chi connectivity index (χ2v) is 6.46. The molecule has 0 aliphatic carbocycles. The molecule has 3 N–H and O–H groups in total.